The van der Waals surface area contributed by atoms with Crippen LogP contribution < -0.4 is 22.2 Å². The molecule has 0 aliphatic rings. The molecule has 4 nitrogen and oxygen atoms in total. The molecule has 0 aliphatic carbocycles. The summed E-state index contributed by atoms with van der Waals surface area (Å²) in [5.41, 5.74) is 15.5. The van der Waals surface area contributed by atoms with E-state index in [-0.39, 0.29) is 5.96 Å². The van der Waals surface area contributed by atoms with Gasteiger partial charge in [-0.15, -0.1) is 0 Å². The predicted molar refractivity (Wildman–Crippen MR) is 37.5 cm³/mol. The van der Waals surface area contributed by atoms with Crippen LogP contribution in [0.15, 0.2) is 0 Å². The van der Waals surface area contributed by atoms with Gasteiger partial charge in [-0.25, -0.2) is 0 Å². The minimum atomic E-state index is 0.284. The molecule has 0 aliphatic heterocycles. The van der Waals surface area contributed by atoms with Crippen molar-refractivity contribution in [2.75, 3.05) is 13.1 Å². The Morgan fingerprint density at radius 3 is 2.33 bits per heavy atom. The van der Waals surface area contributed by atoms with E-state index in [2.05, 4.69) is 4.99 Å². The monoisotopic (exact) mass is 131 g/mol. The first-order valence-electron chi connectivity index (χ1n) is 3.09. The van der Waals surface area contributed by atoms with E-state index in [1.54, 1.807) is 0 Å². The minimum Gasteiger partial charge on any atom is -0.330 e. The number of nitrogens with one attached hydrogen (secondary N) is 1. The Kier molecular flexibility index (Phi) is 4.91. The first kappa shape index (κ1) is 8.23. The van der Waals surface area contributed by atoms with Crippen LogP contribution in [-0.4, -0.2) is 19.0 Å². The topological polar surface area (TPSA) is 92.0 Å². The molecule has 0 radical (unpaired) electrons. The largest absolute Gasteiger partial charge is 0.338 e. The van der Waals surface area contributed by atoms with E-state index in [0.29, 0.717) is 0 Å². The molecule has 0 rings (SSSR count). The molecule has 0 spiro atoms. The zero-order valence-corrected chi connectivity index (χ0v) is 5.56. The van der Waals surface area contributed by atoms with Crippen LogP contribution >= 0.6 is 0 Å². The molecule has 0 aromatic heterocycles. The molecular weight excluding hydrogens is 116 g/mol. The molecule has 0 bridgehead atoms. The van der Waals surface area contributed by atoms with Crippen LogP contribution in [0.5, 0.6) is 0 Å². The Labute approximate surface area is 55.1 Å². The van der Waals surface area contributed by atoms with Crippen molar-refractivity contribution in [1.82, 2.24) is 0 Å². The molecule has 0 fully saturated rings. The molecule has 0 heterocycles. The average Bonchev–Trinajstić information content (AvgIpc) is 1.80. The van der Waals surface area contributed by atoms with Crippen LogP contribution in [0.1, 0.15) is 12.8 Å². The molecule has 0 saturated carbocycles. The zero-order chi connectivity index (χ0) is 7.11. The van der Waals surface area contributed by atoms with Crippen LogP contribution in [0, 0.1) is 0 Å². The van der Waals surface area contributed by atoms with Crippen molar-refractivity contribution >= 4 is 5.96 Å². The predicted octanol–water partition coefficient (Wildman–Crippen LogP) is -2.92. The fourth-order valence-electron chi connectivity index (χ4n) is 0.502. The van der Waals surface area contributed by atoms with E-state index >= 15 is 0 Å². The first-order chi connectivity index (χ1) is 4.27. The molecule has 4 heteroatoms. The van der Waals surface area contributed by atoms with Crippen molar-refractivity contribution in [2.24, 2.45) is 17.2 Å². The van der Waals surface area contributed by atoms with Gasteiger partial charge in [0.2, 0.25) is 0 Å². The highest BCUT2D eigenvalue weighted by molar-refractivity contribution is 5.69. The Balaban J connectivity index is 3.00. The number of unbranched alkanes of at least 4 members (excludes halogenated alkanes) is 1. The summed E-state index contributed by atoms with van der Waals surface area (Å²) in [5.74, 6) is 0.284. The third-order valence-corrected chi connectivity index (χ3v) is 0.960. The molecule has 0 unspecified atom stereocenters. The molecule has 0 aromatic carbocycles. The summed E-state index contributed by atoms with van der Waals surface area (Å²) in [6, 6.07) is 0. The van der Waals surface area contributed by atoms with E-state index in [1.165, 1.54) is 0 Å². The van der Waals surface area contributed by atoms with Crippen molar-refractivity contribution in [3.05, 3.63) is 0 Å². The highest BCUT2D eigenvalue weighted by atomic mass is 15.0. The lowest BCUT2D eigenvalue weighted by molar-refractivity contribution is -0.459. The molecule has 9 heavy (non-hydrogen) atoms. The van der Waals surface area contributed by atoms with Gasteiger partial charge < -0.3 is 5.73 Å². The average molecular weight is 131 g/mol. The Morgan fingerprint density at radius 1 is 1.22 bits per heavy atom. The lowest BCUT2D eigenvalue weighted by Gasteiger charge is -1.90. The Hall–Kier alpha value is -0.770. The number of hydrogen-bond donors (Lipinski definition) is 4. The van der Waals surface area contributed by atoms with Crippen molar-refractivity contribution < 1.29 is 4.99 Å². The van der Waals surface area contributed by atoms with Crippen LogP contribution in [0.3, 0.4) is 0 Å². The van der Waals surface area contributed by atoms with Gasteiger partial charge in [-0.05, 0) is 19.4 Å². The molecule has 0 aromatic rings. The fraction of sp³-hybridized carbons (Fsp3) is 0.800. The van der Waals surface area contributed by atoms with E-state index in [9.17, 15) is 0 Å². The van der Waals surface area contributed by atoms with Gasteiger partial charge in [0.25, 0.3) is 0 Å². The zero-order valence-electron chi connectivity index (χ0n) is 5.56. The van der Waals surface area contributed by atoms with E-state index in [1.807, 2.05) is 0 Å². The summed E-state index contributed by atoms with van der Waals surface area (Å²) in [7, 11) is 0. The Bertz CT molecular complexity index is 85.0. The van der Waals surface area contributed by atoms with Crippen molar-refractivity contribution in [1.29, 1.82) is 0 Å². The summed E-state index contributed by atoms with van der Waals surface area (Å²) in [5, 5.41) is 0. The Morgan fingerprint density at radius 2 is 1.89 bits per heavy atom. The normalized spacial score (nSPS) is 9.00. The van der Waals surface area contributed by atoms with Crippen molar-refractivity contribution in [3.8, 4) is 0 Å². The van der Waals surface area contributed by atoms with Crippen LogP contribution in [0.4, 0.5) is 0 Å². The maximum absolute atomic E-state index is 5.25. The van der Waals surface area contributed by atoms with Crippen LogP contribution in [-0.2, 0) is 0 Å². The fourth-order valence-corrected chi connectivity index (χ4v) is 0.502. The van der Waals surface area contributed by atoms with Gasteiger partial charge in [-0.2, -0.15) is 0 Å². The number of hydrogen-bond acceptors (Lipinski definition) is 1. The third kappa shape index (κ3) is 7.23. The molecular formula is C5H15N4+. The van der Waals surface area contributed by atoms with E-state index in [4.69, 9.17) is 17.2 Å². The maximum atomic E-state index is 5.25. The number of guanidine groups is 1. The van der Waals surface area contributed by atoms with Gasteiger partial charge in [0.15, 0.2) is 0 Å². The van der Waals surface area contributed by atoms with Gasteiger partial charge in [-0.3, -0.25) is 16.5 Å². The maximum Gasteiger partial charge on any atom is 0.338 e. The van der Waals surface area contributed by atoms with Crippen molar-refractivity contribution in [3.63, 3.8) is 0 Å². The van der Waals surface area contributed by atoms with Gasteiger partial charge >= 0.3 is 5.96 Å². The van der Waals surface area contributed by atoms with E-state index in [0.717, 1.165) is 25.9 Å². The smallest absolute Gasteiger partial charge is 0.330 e. The second-order valence-corrected chi connectivity index (χ2v) is 1.88. The second kappa shape index (κ2) is 5.37. The third-order valence-electron chi connectivity index (χ3n) is 0.960. The standard InChI is InChI=1S/C5H14N4/c6-3-1-2-4-9-5(7)8/h1-4,6H2,(H4,7,8,9)/p+1. The molecule has 0 atom stereocenters. The van der Waals surface area contributed by atoms with Crippen LogP contribution in [0.25, 0.3) is 0 Å². The van der Waals surface area contributed by atoms with Crippen LogP contribution in [0.2, 0.25) is 0 Å². The SMILES string of the molecule is NCCCC[NH+]=C(N)N. The minimum absolute atomic E-state index is 0.284. The quantitative estimate of drug-likeness (QED) is 0.187. The first-order valence-corrected chi connectivity index (χ1v) is 3.09. The summed E-state index contributed by atoms with van der Waals surface area (Å²) in [6.07, 6.45) is 2.04. The number of nitrogens with two attached hydrogens (primary N) is 3. The van der Waals surface area contributed by atoms with Gasteiger partial charge in [-0.1, -0.05) is 0 Å². The summed E-state index contributed by atoms with van der Waals surface area (Å²) >= 11 is 0. The highest BCUT2D eigenvalue weighted by Crippen LogP contribution is 1.76. The molecule has 0 amide bonds. The highest BCUT2D eigenvalue weighted by Gasteiger charge is 1.85. The summed E-state index contributed by atoms with van der Waals surface area (Å²) in [6.45, 7) is 1.55. The van der Waals surface area contributed by atoms with Crippen molar-refractivity contribution in [2.45, 2.75) is 12.8 Å². The molecule has 54 valence electrons. The van der Waals surface area contributed by atoms with Gasteiger partial charge in [0.1, 0.15) is 0 Å². The lowest BCUT2D eigenvalue weighted by Crippen LogP contribution is -2.78. The van der Waals surface area contributed by atoms with Gasteiger partial charge in [0, 0.05) is 0 Å². The second-order valence-electron chi connectivity index (χ2n) is 1.88. The molecule has 7 N–H and O–H groups in total. The van der Waals surface area contributed by atoms with E-state index < -0.39 is 0 Å². The summed E-state index contributed by atoms with van der Waals surface area (Å²) < 4.78 is 0. The summed E-state index contributed by atoms with van der Waals surface area (Å²) in [4.78, 5) is 2.80. The number of rotatable bonds is 4. The van der Waals surface area contributed by atoms with Gasteiger partial charge in [0.05, 0.1) is 6.54 Å². The molecule has 0 saturated heterocycles. The lowest BCUT2D eigenvalue weighted by atomic mass is 10.3.